The van der Waals surface area contributed by atoms with Crippen molar-refractivity contribution >= 4 is 17.6 Å². The molecule has 0 radical (unpaired) electrons. The summed E-state index contributed by atoms with van der Waals surface area (Å²) in [6.07, 6.45) is 0.367. The van der Waals surface area contributed by atoms with Crippen LogP contribution in [-0.2, 0) is 13.0 Å². The van der Waals surface area contributed by atoms with Gasteiger partial charge in [-0.2, -0.15) is 4.98 Å². The molecule has 0 unspecified atom stereocenters. The van der Waals surface area contributed by atoms with Crippen LogP contribution in [0.25, 0.3) is 0 Å². The van der Waals surface area contributed by atoms with Crippen molar-refractivity contribution in [3.63, 3.8) is 0 Å². The third kappa shape index (κ3) is 5.66. The van der Waals surface area contributed by atoms with E-state index in [4.69, 9.17) is 4.52 Å². The van der Waals surface area contributed by atoms with Crippen LogP contribution < -0.4 is 10.6 Å². The number of anilines is 1. The van der Waals surface area contributed by atoms with Gasteiger partial charge in [-0.1, -0.05) is 53.2 Å². The molecule has 0 bridgehead atoms. The highest BCUT2D eigenvalue weighted by Gasteiger charge is 2.16. The predicted molar refractivity (Wildman–Crippen MR) is 113 cm³/mol. The number of aromatic nitrogens is 2. The Hall–Kier alpha value is -3.68. The molecule has 0 fully saturated rings. The Morgan fingerprint density at radius 2 is 1.87 bits per heavy atom. The minimum absolute atomic E-state index is 0.0942. The lowest BCUT2D eigenvalue weighted by Crippen LogP contribution is -2.33. The number of benzene rings is 2. The molecule has 0 aliphatic carbocycles. The van der Waals surface area contributed by atoms with Crippen molar-refractivity contribution in [1.29, 1.82) is 0 Å². The van der Waals surface area contributed by atoms with Crippen molar-refractivity contribution in [3.8, 4) is 0 Å². The van der Waals surface area contributed by atoms with Gasteiger partial charge in [0, 0.05) is 32.2 Å². The number of hydrogen-bond donors (Lipinski definition) is 2. The van der Waals surface area contributed by atoms with E-state index in [2.05, 4.69) is 20.8 Å². The highest BCUT2D eigenvalue weighted by molar-refractivity contribution is 5.90. The van der Waals surface area contributed by atoms with Crippen LogP contribution in [-0.4, -0.2) is 40.6 Å². The Bertz CT molecular complexity index is 1020. The molecule has 2 N–H and O–H groups in total. The van der Waals surface area contributed by atoms with Crippen LogP contribution in [0.1, 0.15) is 33.2 Å². The standard InChI is InChI=1S/C22H25N5O3/c1-15-9-10-18(16(2)13-15)24-22(29)27(3)12-11-19-25-21(30-26-19)20(28)23-14-17-7-5-4-6-8-17/h4-10,13H,11-12,14H2,1-3H3,(H,23,28)(H,24,29). The second-order valence-corrected chi connectivity index (χ2v) is 7.10. The van der Waals surface area contributed by atoms with Crippen LogP contribution in [0.3, 0.4) is 0 Å². The first-order valence-corrected chi connectivity index (χ1v) is 9.66. The molecule has 1 aromatic heterocycles. The third-order valence-corrected chi connectivity index (χ3v) is 4.60. The quantitative estimate of drug-likeness (QED) is 0.626. The van der Waals surface area contributed by atoms with Crippen LogP contribution in [0.2, 0.25) is 0 Å². The smallest absolute Gasteiger partial charge is 0.321 e. The van der Waals surface area contributed by atoms with E-state index in [1.54, 1.807) is 7.05 Å². The lowest BCUT2D eigenvalue weighted by molar-refractivity contribution is 0.0907. The molecule has 156 valence electrons. The second-order valence-electron chi connectivity index (χ2n) is 7.10. The van der Waals surface area contributed by atoms with Crippen molar-refractivity contribution < 1.29 is 14.1 Å². The average molecular weight is 407 g/mol. The zero-order chi connectivity index (χ0) is 21.5. The molecular weight excluding hydrogens is 382 g/mol. The lowest BCUT2D eigenvalue weighted by atomic mass is 10.1. The molecule has 3 amide bonds. The Balaban J connectivity index is 1.48. The van der Waals surface area contributed by atoms with Crippen molar-refractivity contribution in [3.05, 3.63) is 76.9 Å². The molecule has 0 spiro atoms. The summed E-state index contributed by atoms with van der Waals surface area (Å²) in [5.74, 6) is -0.159. The molecule has 0 saturated heterocycles. The molecule has 3 rings (SSSR count). The molecule has 0 saturated carbocycles. The molecule has 0 aliphatic rings. The maximum absolute atomic E-state index is 12.4. The predicted octanol–water partition coefficient (Wildman–Crippen LogP) is 3.32. The average Bonchev–Trinajstić information content (AvgIpc) is 3.22. The molecule has 8 nitrogen and oxygen atoms in total. The fourth-order valence-corrected chi connectivity index (χ4v) is 2.84. The van der Waals surface area contributed by atoms with Crippen LogP contribution >= 0.6 is 0 Å². The monoisotopic (exact) mass is 407 g/mol. The van der Waals surface area contributed by atoms with Gasteiger partial charge in [0.15, 0.2) is 5.82 Å². The number of likely N-dealkylation sites (N-methyl/N-ethyl adjacent to an activating group) is 1. The summed E-state index contributed by atoms with van der Waals surface area (Å²) in [6.45, 7) is 4.71. The van der Waals surface area contributed by atoms with Gasteiger partial charge in [0.05, 0.1) is 0 Å². The minimum atomic E-state index is -0.432. The fourth-order valence-electron chi connectivity index (χ4n) is 2.84. The highest BCUT2D eigenvalue weighted by atomic mass is 16.5. The maximum Gasteiger partial charge on any atom is 0.321 e. The molecule has 0 aliphatic heterocycles. The summed E-state index contributed by atoms with van der Waals surface area (Å²) in [5, 5.41) is 9.45. The Kier molecular flexibility index (Phi) is 6.79. The summed E-state index contributed by atoms with van der Waals surface area (Å²) in [7, 11) is 1.69. The molecule has 8 heteroatoms. The first kappa shape index (κ1) is 21.0. The van der Waals surface area contributed by atoms with Crippen molar-refractivity contribution in [2.75, 3.05) is 18.9 Å². The van der Waals surface area contributed by atoms with E-state index in [1.807, 2.05) is 62.4 Å². The number of urea groups is 1. The molecule has 2 aromatic carbocycles. The van der Waals surface area contributed by atoms with Crippen LogP contribution in [0.5, 0.6) is 0 Å². The first-order valence-electron chi connectivity index (χ1n) is 9.66. The summed E-state index contributed by atoms with van der Waals surface area (Å²) in [6, 6.07) is 15.2. The lowest BCUT2D eigenvalue weighted by Gasteiger charge is -2.18. The third-order valence-electron chi connectivity index (χ3n) is 4.60. The number of aryl methyl sites for hydroxylation is 2. The largest absolute Gasteiger partial charge is 0.344 e. The zero-order valence-corrected chi connectivity index (χ0v) is 17.3. The number of amides is 3. The van der Waals surface area contributed by atoms with E-state index >= 15 is 0 Å². The molecule has 3 aromatic rings. The Labute approximate surface area is 175 Å². The van der Waals surface area contributed by atoms with E-state index < -0.39 is 5.91 Å². The number of rotatable bonds is 7. The Morgan fingerprint density at radius 3 is 2.60 bits per heavy atom. The normalized spacial score (nSPS) is 10.5. The molecule has 30 heavy (non-hydrogen) atoms. The minimum Gasteiger partial charge on any atom is -0.344 e. The van der Waals surface area contributed by atoms with Gasteiger partial charge in [-0.05, 0) is 31.0 Å². The van der Waals surface area contributed by atoms with Gasteiger partial charge in [0.2, 0.25) is 0 Å². The zero-order valence-electron chi connectivity index (χ0n) is 17.3. The number of nitrogens with zero attached hydrogens (tertiary/aromatic N) is 3. The molecule has 0 atom stereocenters. The van der Waals surface area contributed by atoms with Crippen molar-refractivity contribution in [1.82, 2.24) is 20.4 Å². The van der Waals surface area contributed by atoms with E-state index in [9.17, 15) is 9.59 Å². The van der Waals surface area contributed by atoms with E-state index in [-0.39, 0.29) is 11.9 Å². The molecule has 1 heterocycles. The number of nitrogens with one attached hydrogen (secondary N) is 2. The van der Waals surface area contributed by atoms with Crippen LogP contribution in [0, 0.1) is 13.8 Å². The number of carbonyl (C=O) groups excluding carboxylic acids is 2. The molecular formula is C22H25N5O3. The van der Waals surface area contributed by atoms with Gasteiger partial charge in [0.25, 0.3) is 0 Å². The first-order chi connectivity index (χ1) is 14.4. The number of carbonyl (C=O) groups is 2. The van der Waals surface area contributed by atoms with E-state index in [0.29, 0.717) is 25.3 Å². The summed E-state index contributed by atoms with van der Waals surface area (Å²) < 4.78 is 5.04. The Morgan fingerprint density at radius 1 is 1.10 bits per heavy atom. The summed E-state index contributed by atoms with van der Waals surface area (Å²) in [4.78, 5) is 30.2. The SMILES string of the molecule is Cc1ccc(NC(=O)N(C)CCc2noc(C(=O)NCc3ccccc3)n2)c(C)c1. The summed E-state index contributed by atoms with van der Waals surface area (Å²) >= 11 is 0. The second kappa shape index (κ2) is 9.69. The van der Waals surface area contributed by atoms with Crippen molar-refractivity contribution in [2.24, 2.45) is 0 Å². The van der Waals surface area contributed by atoms with Crippen molar-refractivity contribution in [2.45, 2.75) is 26.8 Å². The van der Waals surface area contributed by atoms with E-state index in [1.165, 1.54) is 4.90 Å². The van der Waals surface area contributed by atoms with Crippen LogP contribution in [0.4, 0.5) is 10.5 Å². The van der Waals surface area contributed by atoms with Gasteiger partial charge in [-0.15, -0.1) is 0 Å². The highest BCUT2D eigenvalue weighted by Crippen LogP contribution is 2.16. The van der Waals surface area contributed by atoms with Crippen LogP contribution in [0.15, 0.2) is 53.1 Å². The maximum atomic E-state index is 12.4. The van der Waals surface area contributed by atoms with E-state index in [0.717, 1.165) is 22.4 Å². The summed E-state index contributed by atoms with van der Waals surface area (Å²) in [5.41, 5.74) is 3.89. The van der Waals surface area contributed by atoms with Gasteiger partial charge in [-0.3, -0.25) is 4.79 Å². The van der Waals surface area contributed by atoms with Gasteiger partial charge < -0.3 is 20.1 Å². The van der Waals surface area contributed by atoms with Gasteiger partial charge >= 0.3 is 17.8 Å². The van der Waals surface area contributed by atoms with Gasteiger partial charge in [0.1, 0.15) is 0 Å². The topological polar surface area (TPSA) is 100 Å². The fraction of sp³-hybridized carbons (Fsp3) is 0.273. The van der Waals surface area contributed by atoms with Gasteiger partial charge in [-0.25, -0.2) is 4.79 Å². The number of hydrogen-bond acceptors (Lipinski definition) is 5.